The highest BCUT2D eigenvalue weighted by Crippen LogP contribution is 2.25. The van der Waals surface area contributed by atoms with E-state index >= 15 is 0 Å². The van der Waals surface area contributed by atoms with Crippen molar-refractivity contribution in [3.05, 3.63) is 59.7 Å². The Bertz CT molecular complexity index is 566. The lowest BCUT2D eigenvalue weighted by Crippen LogP contribution is -2.11. The SMILES string of the molecule is NC(=O)c1ccccc1Oc1cccc(CO)c1. The zero-order valence-electron chi connectivity index (χ0n) is 9.67. The van der Waals surface area contributed by atoms with E-state index in [0.717, 1.165) is 5.56 Å². The topological polar surface area (TPSA) is 72.6 Å². The molecule has 0 fully saturated rings. The lowest BCUT2D eigenvalue weighted by Gasteiger charge is -2.09. The Balaban J connectivity index is 2.31. The molecule has 2 aromatic rings. The van der Waals surface area contributed by atoms with Gasteiger partial charge in [0.05, 0.1) is 12.2 Å². The Kier molecular flexibility index (Phi) is 3.60. The Labute approximate surface area is 105 Å². The van der Waals surface area contributed by atoms with Gasteiger partial charge in [-0.2, -0.15) is 0 Å². The third-order valence-electron chi connectivity index (χ3n) is 2.46. The molecule has 0 heterocycles. The van der Waals surface area contributed by atoms with Gasteiger partial charge in [0.25, 0.3) is 5.91 Å². The van der Waals surface area contributed by atoms with Crippen LogP contribution < -0.4 is 10.5 Å². The predicted octanol–water partition coefficient (Wildman–Crippen LogP) is 2.07. The van der Waals surface area contributed by atoms with Gasteiger partial charge in [-0.3, -0.25) is 4.79 Å². The van der Waals surface area contributed by atoms with Gasteiger partial charge < -0.3 is 15.6 Å². The van der Waals surface area contributed by atoms with Gasteiger partial charge in [0.2, 0.25) is 0 Å². The van der Waals surface area contributed by atoms with E-state index in [2.05, 4.69) is 0 Å². The number of carbonyl (C=O) groups excluding carboxylic acids is 1. The van der Waals surface area contributed by atoms with Crippen LogP contribution in [0.4, 0.5) is 0 Å². The summed E-state index contributed by atoms with van der Waals surface area (Å²) in [5.41, 5.74) is 6.33. The fraction of sp³-hybridized carbons (Fsp3) is 0.0714. The maximum absolute atomic E-state index is 11.2. The number of carbonyl (C=O) groups is 1. The highest BCUT2D eigenvalue weighted by atomic mass is 16.5. The fourth-order valence-electron chi connectivity index (χ4n) is 1.59. The van der Waals surface area contributed by atoms with Gasteiger partial charge in [0, 0.05) is 0 Å². The Hall–Kier alpha value is -2.33. The summed E-state index contributed by atoms with van der Waals surface area (Å²) in [6, 6.07) is 13.8. The van der Waals surface area contributed by atoms with E-state index < -0.39 is 5.91 Å². The van der Waals surface area contributed by atoms with Crippen molar-refractivity contribution in [1.29, 1.82) is 0 Å². The summed E-state index contributed by atoms with van der Waals surface area (Å²) < 4.78 is 5.60. The standard InChI is InChI=1S/C14H13NO3/c15-14(17)12-6-1-2-7-13(12)18-11-5-3-4-10(8-11)9-16/h1-8,16H,9H2,(H2,15,17). The van der Waals surface area contributed by atoms with Crippen molar-refractivity contribution in [2.24, 2.45) is 5.73 Å². The van der Waals surface area contributed by atoms with Gasteiger partial charge in [-0.05, 0) is 29.8 Å². The van der Waals surface area contributed by atoms with Gasteiger partial charge in [-0.25, -0.2) is 0 Å². The molecule has 0 bridgehead atoms. The minimum atomic E-state index is -0.538. The quantitative estimate of drug-likeness (QED) is 0.863. The molecule has 0 saturated heterocycles. The van der Waals surface area contributed by atoms with E-state index in [0.29, 0.717) is 17.1 Å². The van der Waals surface area contributed by atoms with Crippen LogP contribution in [0, 0.1) is 0 Å². The van der Waals surface area contributed by atoms with Gasteiger partial charge in [-0.1, -0.05) is 24.3 Å². The summed E-state index contributed by atoms with van der Waals surface area (Å²) in [5.74, 6) is 0.416. The molecule has 2 aromatic carbocycles. The molecule has 3 N–H and O–H groups in total. The van der Waals surface area contributed by atoms with E-state index in [1.807, 2.05) is 0 Å². The molecule has 0 aliphatic carbocycles. The van der Waals surface area contributed by atoms with Crippen LogP contribution in [0.1, 0.15) is 15.9 Å². The van der Waals surface area contributed by atoms with E-state index in [1.165, 1.54) is 0 Å². The summed E-state index contributed by atoms with van der Waals surface area (Å²) in [5, 5.41) is 9.04. The lowest BCUT2D eigenvalue weighted by molar-refractivity contribution is 0.0998. The molecule has 0 spiro atoms. The fourth-order valence-corrected chi connectivity index (χ4v) is 1.59. The molecule has 0 unspecified atom stereocenters. The minimum Gasteiger partial charge on any atom is -0.457 e. The van der Waals surface area contributed by atoms with Crippen LogP contribution in [0.25, 0.3) is 0 Å². The normalized spacial score (nSPS) is 10.1. The van der Waals surface area contributed by atoms with Gasteiger partial charge in [-0.15, -0.1) is 0 Å². The highest BCUT2D eigenvalue weighted by molar-refractivity contribution is 5.95. The van der Waals surface area contributed by atoms with Crippen molar-refractivity contribution in [3.8, 4) is 11.5 Å². The van der Waals surface area contributed by atoms with Gasteiger partial charge in [0.15, 0.2) is 0 Å². The summed E-state index contributed by atoms with van der Waals surface area (Å²) in [4.78, 5) is 11.2. The van der Waals surface area contributed by atoms with Crippen LogP contribution in [0.5, 0.6) is 11.5 Å². The van der Waals surface area contributed by atoms with Crippen molar-refractivity contribution >= 4 is 5.91 Å². The molecule has 18 heavy (non-hydrogen) atoms. The van der Waals surface area contributed by atoms with Crippen molar-refractivity contribution in [1.82, 2.24) is 0 Å². The molecular formula is C14H13NO3. The van der Waals surface area contributed by atoms with Crippen molar-refractivity contribution in [3.63, 3.8) is 0 Å². The molecule has 4 nitrogen and oxygen atoms in total. The highest BCUT2D eigenvalue weighted by Gasteiger charge is 2.09. The van der Waals surface area contributed by atoms with E-state index in [9.17, 15) is 4.79 Å². The van der Waals surface area contributed by atoms with Crippen LogP contribution in [0.2, 0.25) is 0 Å². The molecule has 2 rings (SSSR count). The number of rotatable bonds is 4. The summed E-state index contributed by atoms with van der Waals surface area (Å²) in [6.07, 6.45) is 0. The van der Waals surface area contributed by atoms with Crippen LogP contribution in [0.3, 0.4) is 0 Å². The number of ether oxygens (including phenoxy) is 1. The molecular weight excluding hydrogens is 230 g/mol. The van der Waals surface area contributed by atoms with Gasteiger partial charge >= 0.3 is 0 Å². The van der Waals surface area contributed by atoms with E-state index in [4.69, 9.17) is 15.6 Å². The number of aliphatic hydroxyl groups is 1. The average molecular weight is 243 g/mol. The molecule has 0 atom stereocenters. The second kappa shape index (κ2) is 5.33. The average Bonchev–Trinajstić information content (AvgIpc) is 2.39. The molecule has 0 aromatic heterocycles. The summed E-state index contributed by atoms with van der Waals surface area (Å²) >= 11 is 0. The summed E-state index contributed by atoms with van der Waals surface area (Å²) in [7, 11) is 0. The number of para-hydroxylation sites is 1. The number of hydrogen-bond donors (Lipinski definition) is 2. The maximum Gasteiger partial charge on any atom is 0.252 e. The molecule has 0 radical (unpaired) electrons. The van der Waals surface area contributed by atoms with Crippen molar-refractivity contribution < 1.29 is 14.6 Å². The second-order valence-electron chi connectivity index (χ2n) is 3.77. The number of hydrogen-bond acceptors (Lipinski definition) is 3. The van der Waals surface area contributed by atoms with Crippen molar-refractivity contribution in [2.75, 3.05) is 0 Å². The number of amides is 1. The monoisotopic (exact) mass is 243 g/mol. The molecule has 92 valence electrons. The largest absolute Gasteiger partial charge is 0.457 e. The van der Waals surface area contributed by atoms with Gasteiger partial charge in [0.1, 0.15) is 11.5 Å². The molecule has 0 saturated carbocycles. The van der Waals surface area contributed by atoms with Crippen LogP contribution >= 0.6 is 0 Å². The molecule has 0 aliphatic rings. The third-order valence-corrected chi connectivity index (χ3v) is 2.46. The zero-order chi connectivity index (χ0) is 13.0. The first-order chi connectivity index (χ1) is 8.70. The second-order valence-corrected chi connectivity index (χ2v) is 3.77. The third kappa shape index (κ3) is 2.67. The molecule has 4 heteroatoms. The number of nitrogens with two attached hydrogens (primary N) is 1. The Morgan fingerprint density at radius 1 is 1.17 bits per heavy atom. The zero-order valence-corrected chi connectivity index (χ0v) is 9.67. The number of primary amides is 1. The number of benzene rings is 2. The summed E-state index contributed by atoms with van der Waals surface area (Å²) in [6.45, 7) is -0.0608. The first kappa shape index (κ1) is 12.1. The van der Waals surface area contributed by atoms with Crippen LogP contribution in [-0.2, 0) is 6.61 Å². The Morgan fingerprint density at radius 3 is 2.67 bits per heavy atom. The predicted molar refractivity (Wildman–Crippen MR) is 67.4 cm³/mol. The van der Waals surface area contributed by atoms with Crippen LogP contribution in [-0.4, -0.2) is 11.0 Å². The Morgan fingerprint density at radius 2 is 1.94 bits per heavy atom. The maximum atomic E-state index is 11.2. The smallest absolute Gasteiger partial charge is 0.252 e. The lowest BCUT2D eigenvalue weighted by atomic mass is 10.2. The first-order valence-corrected chi connectivity index (χ1v) is 5.47. The molecule has 1 amide bonds. The van der Waals surface area contributed by atoms with E-state index in [-0.39, 0.29) is 6.61 Å². The van der Waals surface area contributed by atoms with Crippen molar-refractivity contribution in [2.45, 2.75) is 6.61 Å². The molecule has 0 aliphatic heterocycles. The first-order valence-electron chi connectivity index (χ1n) is 5.47. The minimum absolute atomic E-state index is 0.0608. The van der Waals surface area contributed by atoms with Crippen LogP contribution in [0.15, 0.2) is 48.5 Å². The van der Waals surface area contributed by atoms with E-state index in [1.54, 1.807) is 48.5 Å². The number of aliphatic hydroxyl groups excluding tert-OH is 1.